The number of amides is 1. The lowest BCUT2D eigenvalue weighted by molar-refractivity contribution is 0.0956. The van der Waals surface area contributed by atoms with E-state index in [-0.39, 0.29) is 17.8 Å². The first-order valence-corrected chi connectivity index (χ1v) is 11.6. The third-order valence-corrected chi connectivity index (χ3v) is 5.64. The largest absolute Gasteiger partial charge is 0.508 e. The van der Waals surface area contributed by atoms with Crippen LogP contribution >= 0.6 is 15.9 Å². The van der Waals surface area contributed by atoms with Gasteiger partial charge in [0.1, 0.15) is 11.5 Å². The van der Waals surface area contributed by atoms with Gasteiger partial charge < -0.3 is 9.84 Å². The van der Waals surface area contributed by atoms with E-state index in [1.165, 1.54) is 0 Å². The second kappa shape index (κ2) is 10.1. The molecule has 1 heterocycles. The number of hydrazone groups is 1. The number of aromatic nitrogens is 1. The van der Waals surface area contributed by atoms with E-state index in [9.17, 15) is 9.90 Å². The third kappa shape index (κ3) is 5.43. The number of halogens is 1. The number of nitrogens with one attached hydrogen (secondary N) is 1. The summed E-state index contributed by atoms with van der Waals surface area (Å²) in [5.41, 5.74) is 6.78. The first kappa shape index (κ1) is 23.4. The van der Waals surface area contributed by atoms with Gasteiger partial charge in [-0.1, -0.05) is 15.9 Å². The Hall–Kier alpha value is -3.71. The van der Waals surface area contributed by atoms with Gasteiger partial charge in [-0.2, -0.15) is 5.10 Å². The summed E-state index contributed by atoms with van der Waals surface area (Å²) in [5, 5.41) is 14.6. The van der Waals surface area contributed by atoms with Crippen molar-refractivity contribution in [3.63, 3.8) is 0 Å². The van der Waals surface area contributed by atoms with Crippen molar-refractivity contribution in [1.82, 2.24) is 10.4 Å². The molecule has 6 nitrogen and oxygen atoms in total. The summed E-state index contributed by atoms with van der Waals surface area (Å²) in [6.07, 6.45) is 0.0987. The summed E-state index contributed by atoms with van der Waals surface area (Å²) in [6, 6.07) is 21.6. The first-order valence-electron chi connectivity index (χ1n) is 10.8. The molecular formula is C27H24BrN3O3. The molecule has 0 aliphatic heterocycles. The Kier molecular flexibility index (Phi) is 6.93. The highest BCUT2D eigenvalue weighted by molar-refractivity contribution is 9.10. The molecule has 1 amide bonds. The van der Waals surface area contributed by atoms with Gasteiger partial charge in [0.05, 0.1) is 28.6 Å². The van der Waals surface area contributed by atoms with E-state index in [0.717, 1.165) is 21.3 Å². The molecular weight excluding hydrogens is 494 g/mol. The number of pyridine rings is 1. The van der Waals surface area contributed by atoms with E-state index in [0.29, 0.717) is 27.9 Å². The van der Waals surface area contributed by atoms with E-state index < -0.39 is 0 Å². The molecule has 0 fully saturated rings. The molecule has 172 valence electrons. The maximum Gasteiger partial charge on any atom is 0.272 e. The lowest BCUT2D eigenvalue weighted by Gasteiger charge is -2.11. The second-order valence-electron chi connectivity index (χ2n) is 8.09. The Bertz CT molecular complexity index is 1360. The lowest BCUT2D eigenvalue weighted by atomic mass is 10.0. The maximum atomic E-state index is 13.2. The van der Waals surface area contributed by atoms with Crippen LogP contribution < -0.4 is 10.2 Å². The van der Waals surface area contributed by atoms with Crippen molar-refractivity contribution < 1.29 is 14.6 Å². The average Bonchev–Trinajstić information content (AvgIpc) is 2.82. The zero-order chi connectivity index (χ0) is 24.2. The number of fused-ring (bicyclic) bond motifs is 1. The van der Waals surface area contributed by atoms with E-state index in [2.05, 4.69) is 26.5 Å². The minimum atomic E-state index is -0.343. The number of hydrogen-bond acceptors (Lipinski definition) is 5. The molecule has 0 radical (unpaired) electrons. The highest BCUT2D eigenvalue weighted by atomic mass is 79.9. The fraction of sp³-hybridized carbons (Fsp3) is 0.148. The van der Waals surface area contributed by atoms with Crippen molar-refractivity contribution >= 4 is 38.5 Å². The molecule has 0 bridgehead atoms. The Morgan fingerprint density at radius 3 is 2.41 bits per heavy atom. The minimum absolute atomic E-state index is 0.0987. The first-order chi connectivity index (χ1) is 16.3. The summed E-state index contributed by atoms with van der Waals surface area (Å²) < 4.78 is 6.52. The van der Waals surface area contributed by atoms with Crippen LogP contribution in [-0.4, -0.2) is 27.8 Å². The molecule has 0 spiro atoms. The monoisotopic (exact) mass is 517 g/mol. The summed E-state index contributed by atoms with van der Waals surface area (Å²) in [4.78, 5) is 17.9. The van der Waals surface area contributed by atoms with Crippen molar-refractivity contribution in [2.75, 3.05) is 0 Å². The van der Waals surface area contributed by atoms with Gasteiger partial charge in [0.25, 0.3) is 5.91 Å². The maximum absolute atomic E-state index is 13.2. The van der Waals surface area contributed by atoms with Gasteiger partial charge in [-0.05, 0) is 99.1 Å². The molecule has 4 rings (SSSR count). The lowest BCUT2D eigenvalue weighted by Crippen LogP contribution is -2.20. The van der Waals surface area contributed by atoms with Gasteiger partial charge in [-0.3, -0.25) is 4.79 Å². The van der Waals surface area contributed by atoms with E-state index in [4.69, 9.17) is 9.72 Å². The van der Waals surface area contributed by atoms with E-state index in [1.807, 2.05) is 63.2 Å². The average molecular weight is 518 g/mol. The predicted octanol–water partition coefficient (Wildman–Crippen LogP) is 6.31. The van der Waals surface area contributed by atoms with Crippen LogP contribution in [0.5, 0.6) is 11.5 Å². The van der Waals surface area contributed by atoms with E-state index >= 15 is 0 Å². The Balaban J connectivity index is 1.64. The highest BCUT2D eigenvalue weighted by Gasteiger charge is 2.15. The van der Waals surface area contributed by atoms with Crippen molar-refractivity contribution in [1.29, 1.82) is 0 Å². The number of nitrogens with zero attached hydrogens (tertiary/aromatic N) is 2. The summed E-state index contributed by atoms with van der Waals surface area (Å²) >= 11 is 3.48. The topological polar surface area (TPSA) is 83.8 Å². The number of phenolic OH excluding ortho intramolecular Hbond substituents is 1. The summed E-state index contributed by atoms with van der Waals surface area (Å²) in [6.45, 7) is 5.79. The standard InChI is InChI=1S/C27H24BrN3O3/c1-16(2)34-22-11-6-18(7-12-22)17(3)30-31-27(33)24-15-26(19-4-9-21(32)10-5-19)29-25-13-8-20(28)14-23(24)25/h4-16,32H,1-3H3,(H,31,33). The van der Waals surface area contributed by atoms with Gasteiger partial charge >= 0.3 is 0 Å². The minimum Gasteiger partial charge on any atom is -0.508 e. The molecule has 0 saturated heterocycles. The van der Waals surface area contributed by atoms with Gasteiger partial charge in [-0.15, -0.1) is 0 Å². The van der Waals surface area contributed by atoms with Crippen LogP contribution in [0.4, 0.5) is 0 Å². The zero-order valence-corrected chi connectivity index (χ0v) is 20.6. The number of rotatable bonds is 6. The SMILES string of the molecule is CC(=NNC(=O)c1cc(-c2ccc(O)cc2)nc2ccc(Br)cc12)c1ccc(OC(C)C)cc1. The zero-order valence-electron chi connectivity index (χ0n) is 19.0. The number of aromatic hydroxyl groups is 1. The number of carbonyl (C=O) groups excluding carboxylic acids is 1. The smallest absolute Gasteiger partial charge is 0.272 e. The van der Waals surface area contributed by atoms with Crippen LogP contribution in [0, 0.1) is 0 Å². The molecule has 0 atom stereocenters. The molecule has 0 unspecified atom stereocenters. The van der Waals surface area contributed by atoms with Gasteiger partial charge in [-0.25, -0.2) is 10.4 Å². The van der Waals surface area contributed by atoms with Crippen LogP contribution in [0.15, 0.2) is 82.4 Å². The Morgan fingerprint density at radius 2 is 1.74 bits per heavy atom. The third-order valence-electron chi connectivity index (χ3n) is 5.15. The van der Waals surface area contributed by atoms with Gasteiger partial charge in [0.2, 0.25) is 0 Å². The van der Waals surface area contributed by atoms with Crippen molar-refractivity contribution in [2.24, 2.45) is 5.10 Å². The summed E-state index contributed by atoms with van der Waals surface area (Å²) in [7, 11) is 0. The highest BCUT2D eigenvalue weighted by Crippen LogP contribution is 2.28. The molecule has 34 heavy (non-hydrogen) atoms. The van der Waals surface area contributed by atoms with Crippen molar-refractivity contribution in [3.8, 4) is 22.8 Å². The van der Waals surface area contributed by atoms with Gasteiger partial charge in [0.15, 0.2) is 0 Å². The fourth-order valence-corrected chi connectivity index (χ4v) is 3.83. The van der Waals surface area contributed by atoms with Crippen LogP contribution in [-0.2, 0) is 0 Å². The molecule has 2 N–H and O–H groups in total. The van der Waals surface area contributed by atoms with E-state index in [1.54, 1.807) is 30.3 Å². The molecule has 7 heteroatoms. The van der Waals surface area contributed by atoms with Crippen LogP contribution in [0.2, 0.25) is 0 Å². The predicted molar refractivity (Wildman–Crippen MR) is 138 cm³/mol. The number of benzene rings is 3. The van der Waals surface area contributed by atoms with Crippen LogP contribution in [0.1, 0.15) is 36.7 Å². The Morgan fingerprint density at radius 1 is 1.03 bits per heavy atom. The van der Waals surface area contributed by atoms with Crippen molar-refractivity contribution in [2.45, 2.75) is 26.9 Å². The molecule has 0 aliphatic carbocycles. The van der Waals surface area contributed by atoms with Crippen molar-refractivity contribution in [3.05, 3.63) is 88.4 Å². The number of ether oxygens (including phenoxy) is 1. The quantitative estimate of drug-likeness (QED) is 0.232. The molecule has 4 aromatic rings. The van der Waals surface area contributed by atoms with Gasteiger partial charge in [0, 0.05) is 15.4 Å². The molecule has 0 aliphatic rings. The normalized spacial score (nSPS) is 11.6. The number of phenols is 1. The van der Waals surface area contributed by atoms with Crippen LogP contribution in [0.3, 0.4) is 0 Å². The second-order valence-corrected chi connectivity index (χ2v) is 9.01. The molecule has 0 saturated carbocycles. The number of hydrogen-bond donors (Lipinski definition) is 2. The number of carbonyl (C=O) groups is 1. The summed E-state index contributed by atoms with van der Waals surface area (Å²) in [5.74, 6) is 0.607. The molecule has 1 aromatic heterocycles. The molecule has 3 aromatic carbocycles. The van der Waals surface area contributed by atoms with Crippen LogP contribution in [0.25, 0.3) is 22.2 Å². The fourth-order valence-electron chi connectivity index (χ4n) is 3.47. The Labute approximate surface area is 206 Å².